The van der Waals surface area contributed by atoms with Crippen molar-refractivity contribution in [2.45, 2.75) is 68.3 Å². The first-order valence-electron chi connectivity index (χ1n) is 13.2. The number of rotatable bonds is 12. The Labute approximate surface area is 236 Å². The van der Waals surface area contributed by atoms with Gasteiger partial charge in [0, 0.05) is 6.42 Å². The third-order valence-corrected chi connectivity index (χ3v) is 7.61. The fourth-order valence-electron chi connectivity index (χ4n) is 5.70. The van der Waals surface area contributed by atoms with E-state index >= 15 is 0 Å². The number of aryl methyl sites for hydroxylation is 1. The predicted molar refractivity (Wildman–Crippen MR) is 144 cm³/mol. The van der Waals surface area contributed by atoms with Crippen molar-refractivity contribution in [1.82, 2.24) is 0 Å². The van der Waals surface area contributed by atoms with Crippen LogP contribution in [-0.4, -0.2) is 57.0 Å². The molecule has 0 amide bonds. The normalized spacial score (nSPS) is 30.6. The number of ether oxygens (including phenoxy) is 4. The fraction of sp³-hybridized carbons (Fsp3) is 0.355. The molecule has 1 aromatic heterocycles. The molecule has 2 aliphatic rings. The number of allylic oxidation sites excluding steroid dienone is 1. The Morgan fingerprint density at radius 1 is 0.927 bits per heavy atom. The van der Waals surface area contributed by atoms with Gasteiger partial charge in [-0.15, -0.1) is 6.58 Å². The molecule has 3 aromatic rings. The van der Waals surface area contributed by atoms with Gasteiger partial charge in [-0.3, -0.25) is 0 Å². The van der Waals surface area contributed by atoms with Crippen LogP contribution in [0.15, 0.2) is 89.9 Å². The lowest BCUT2D eigenvalue weighted by Gasteiger charge is -2.50. The summed E-state index contributed by atoms with van der Waals surface area (Å²) in [5.41, 5.74) is -4.09. The number of carboxylic acid groups (broad SMARTS) is 2. The third-order valence-electron chi connectivity index (χ3n) is 7.61. The maximum absolute atomic E-state index is 13.4. The summed E-state index contributed by atoms with van der Waals surface area (Å²) in [6, 6.07) is 21.0. The molecule has 0 saturated carbocycles. The van der Waals surface area contributed by atoms with Crippen LogP contribution in [0.1, 0.15) is 35.5 Å². The van der Waals surface area contributed by atoms with Gasteiger partial charge in [0.1, 0.15) is 23.7 Å². The first-order valence-corrected chi connectivity index (χ1v) is 13.2. The van der Waals surface area contributed by atoms with Crippen LogP contribution in [0.4, 0.5) is 0 Å². The zero-order valence-electron chi connectivity index (χ0n) is 22.5. The number of aliphatic hydroxyl groups is 1. The summed E-state index contributed by atoms with van der Waals surface area (Å²) in [7, 11) is 0. The van der Waals surface area contributed by atoms with Crippen molar-refractivity contribution in [3.8, 4) is 0 Å². The van der Waals surface area contributed by atoms with Gasteiger partial charge in [-0.05, 0) is 36.6 Å². The summed E-state index contributed by atoms with van der Waals surface area (Å²) in [6.07, 6.45) is -3.13. The molecule has 6 atom stereocenters. The number of hydrogen-bond acceptors (Lipinski definition) is 8. The molecule has 3 N–H and O–H groups in total. The highest BCUT2D eigenvalue weighted by Crippen LogP contribution is 2.60. The van der Waals surface area contributed by atoms with Crippen LogP contribution < -0.4 is 0 Å². The summed E-state index contributed by atoms with van der Waals surface area (Å²) < 4.78 is 30.7. The summed E-state index contributed by atoms with van der Waals surface area (Å²) >= 11 is 0. The van der Waals surface area contributed by atoms with Crippen molar-refractivity contribution in [2.24, 2.45) is 0 Å². The smallest absolute Gasteiger partial charge is 0.342 e. The average Bonchev–Trinajstić information content (AvgIpc) is 3.51. The van der Waals surface area contributed by atoms with Crippen molar-refractivity contribution in [2.75, 3.05) is 0 Å². The van der Waals surface area contributed by atoms with E-state index in [0.29, 0.717) is 11.3 Å². The number of carboxylic acids is 2. The third kappa shape index (κ3) is 4.77. The number of furan rings is 1. The fourth-order valence-corrected chi connectivity index (χ4v) is 5.70. The van der Waals surface area contributed by atoms with Crippen molar-refractivity contribution >= 4 is 11.9 Å². The number of hydrogen-bond donors (Lipinski definition) is 3. The first-order chi connectivity index (χ1) is 19.7. The van der Waals surface area contributed by atoms with E-state index in [9.17, 15) is 24.9 Å². The first kappa shape index (κ1) is 28.7. The topological polar surface area (TPSA) is 145 Å². The van der Waals surface area contributed by atoms with Crippen molar-refractivity contribution in [3.05, 3.63) is 108 Å². The highest BCUT2D eigenvalue weighted by Gasteiger charge is 2.84. The second kappa shape index (κ2) is 11.2. The van der Waals surface area contributed by atoms with E-state index in [1.807, 2.05) is 36.4 Å². The maximum Gasteiger partial charge on any atom is 0.342 e. The highest BCUT2D eigenvalue weighted by atomic mass is 16.8. The lowest BCUT2D eigenvalue weighted by Crippen LogP contribution is -2.73. The van der Waals surface area contributed by atoms with Gasteiger partial charge < -0.3 is 38.7 Å². The SMILES string of the molecule is C=CCC[C@]12O[C@H](C(=O)O)[C@@](O)(c3ccc(C)o3)[C@](C(=O)O)(O1)[C@H](OCc1ccccc1)[C@H]2OCc1ccccc1. The minimum Gasteiger partial charge on any atom is -0.479 e. The molecular weight excluding hydrogens is 532 g/mol. The average molecular weight is 565 g/mol. The monoisotopic (exact) mass is 564 g/mol. The molecule has 216 valence electrons. The number of carbonyl (C=O) groups is 2. The summed E-state index contributed by atoms with van der Waals surface area (Å²) in [4.78, 5) is 26.2. The molecule has 10 nitrogen and oxygen atoms in total. The largest absolute Gasteiger partial charge is 0.479 e. The van der Waals surface area contributed by atoms with E-state index in [1.54, 1.807) is 37.3 Å². The minimum atomic E-state index is -2.86. The Morgan fingerprint density at radius 2 is 1.51 bits per heavy atom. The molecule has 10 heteroatoms. The van der Waals surface area contributed by atoms with Crippen LogP contribution in [0.25, 0.3) is 0 Å². The Balaban J connectivity index is 1.70. The summed E-state index contributed by atoms with van der Waals surface area (Å²) in [5.74, 6) is -5.23. The van der Waals surface area contributed by atoms with Gasteiger partial charge >= 0.3 is 11.9 Å². The van der Waals surface area contributed by atoms with Crippen LogP contribution >= 0.6 is 0 Å². The van der Waals surface area contributed by atoms with Crippen LogP contribution in [-0.2, 0) is 47.4 Å². The van der Waals surface area contributed by atoms with Crippen LogP contribution in [0.5, 0.6) is 0 Å². The van der Waals surface area contributed by atoms with Gasteiger partial charge in [0.15, 0.2) is 6.10 Å². The van der Waals surface area contributed by atoms with Gasteiger partial charge in [-0.2, -0.15) is 0 Å². The second-order valence-electron chi connectivity index (χ2n) is 10.2. The van der Waals surface area contributed by atoms with E-state index < -0.39 is 47.2 Å². The van der Waals surface area contributed by atoms with Crippen LogP contribution in [0.3, 0.4) is 0 Å². The number of benzene rings is 2. The van der Waals surface area contributed by atoms with Crippen LogP contribution in [0.2, 0.25) is 0 Å². The number of fused-ring (bicyclic) bond motifs is 2. The molecule has 0 unspecified atom stereocenters. The Morgan fingerprint density at radius 3 is 2.00 bits per heavy atom. The van der Waals surface area contributed by atoms with Crippen molar-refractivity contribution < 1.29 is 48.3 Å². The quantitative estimate of drug-likeness (QED) is 0.277. The molecular formula is C31H32O10. The molecule has 41 heavy (non-hydrogen) atoms. The van der Waals surface area contributed by atoms with E-state index in [1.165, 1.54) is 12.1 Å². The lowest BCUT2D eigenvalue weighted by atomic mass is 9.73. The molecule has 2 aromatic carbocycles. The van der Waals surface area contributed by atoms with Gasteiger partial charge in [0.2, 0.25) is 17.0 Å². The number of aliphatic carboxylic acids is 2. The standard InChI is InChI=1S/C31H32O10/c1-3-4-17-29-24(37-18-21-11-7-5-8-12-21)25(38-19-22-13-9-6-10-14-22)31(41-29,28(34)35)30(36,26(40-29)27(32)33)23-16-15-20(2)39-23/h3,5-16,24-26,36H,1,4,17-19H2,2H3,(H,32,33)(H,34,35)/t24-,25-,26-,29+,30+,31+/m1/s1. The second-order valence-corrected chi connectivity index (χ2v) is 10.2. The highest BCUT2D eigenvalue weighted by molar-refractivity contribution is 5.86. The predicted octanol–water partition coefficient (Wildman–Crippen LogP) is 3.95. The van der Waals surface area contributed by atoms with E-state index in [2.05, 4.69) is 6.58 Å². The van der Waals surface area contributed by atoms with Crippen molar-refractivity contribution in [3.63, 3.8) is 0 Å². The zero-order chi connectivity index (χ0) is 29.3. The Bertz CT molecular complexity index is 1390. The van der Waals surface area contributed by atoms with E-state index in [-0.39, 0.29) is 31.8 Å². The summed E-state index contributed by atoms with van der Waals surface area (Å²) in [5, 5.41) is 33.6. The molecule has 0 aliphatic carbocycles. The minimum absolute atomic E-state index is 0.00495. The molecule has 2 bridgehead atoms. The molecule has 5 rings (SSSR count). The van der Waals surface area contributed by atoms with Gasteiger partial charge in [-0.25, -0.2) is 9.59 Å². The molecule has 0 radical (unpaired) electrons. The zero-order valence-corrected chi connectivity index (χ0v) is 22.5. The molecule has 3 heterocycles. The molecule has 2 saturated heterocycles. The molecule has 0 spiro atoms. The van der Waals surface area contributed by atoms with Gasteiger partial charge in [-0.1, -0.05) is 66.7 Å². The lowest BCUT2D eigenvalue weighted by molar-refractivity contribution is -0.389. The van der Waals surface area contributed by atoms with Crippen LogP contribution in [0, 0.1) is 6.92 Å². The molecule has 2 fully saturated rings. The van der Waals surface area contributed by atoms with E-state index in [0.717, 1.165) is 5.56 Å². The van der Waals surface area contributed by atoms with Gasteiger partial charge in [0.25, 0.3) is 0 Å². The molecule has 2 aliphatic heterocycles. The van der Waals surface area contributed by atoms with E-state index in [4.69, 9.17) is 23.4 Å². The summed E-state index contributed by atoms with van der Waals surface area (Å²) in [6.45, 7) is 5.24. The van der Waals surface area contributed by atoms with Crippen molar-refractivity contribution in [1.29, 1.82) is 0 Å². The Kier molecular flexibility index (Phi) is 7.87. The van der Waals surface area contributed by atoms with Gasteiger partial charge in [0.05, 0.1) is 13.2 Å². The maximum atomic E-state index is 13.4. The Hall–Kier alpha value is -3.80.